The molecule has 1 aliphatic rings. The van der Waals surface area contributed by atoms with E-state index < -0.39 is 28.2 Å². The summed E-state index contributed by atoms with van der Waals surface area (Å²) in [6.45, 7) is 4.48. The summed E-state index contributed by atoms with van der Waals surface area (Å²) in [4.78, 5) is 39.4. The van der Waals surface area contributed by atoms with Crippen LogP contribution in [0.15, 0.2) is 12.1 Å². The zero-order chi connectivity index (χ0) is 16.5. The molecule has 0 unspecified atom stereocenters. The van der Waals surface area contributed by atoms with Crippen LogP contribution in [0.2, 0.25) is 0 Å². The summed E-state index contributed by atoms with van der Waals surface area (Å²) >= 11 is 0. The number of hydrogen-bond acceptors (Lipinski definition) is 7. The number of anilines is 1. The Bertz CT molecular complexity index is 643. The molecule has 1 amide bonds. The number of ether oxygens (including phenoxy) is 2. The van der Waals surface area contributed by atoms with Crippen molar-refractivity contribution in [3.63, 3.8) is 0 Å². The minimum Gasteiger partial charge on any atom is -0.477 e. The van der Waals surface area contributed by atoms with Gasteiger partial charge in [0.25, 0.3) is 11.7 Å². The van der Waals surface area contributed by atoms with Crippen LogP contribution in [0.4, 0.5) is 11.6 Å². The first-order valence-electron chi connectivity index (χ1n) is 6.57. The lowest BCUT2D eigenvalue weighted by atomic mass is 10.0. The lowest BCUT2D eigenvalue weighted by molar-refractivity contribution is -0.389. The predicted octanol–water partition coefficient (Wildman–Crippen LogP) is 1.06. The third-order valence-electron chi connectivity index (χ3n) is 3.16. The number of esters is 1. The fourth-order valence-electron chi connectivity index (χ4n) is 2.10. The molecule has 0 spiro atoms. The van der Waals surface area contributed by atoms with E-state index in [9.17, 15) is 19.7 Å². The van der Waals surface area contributed by atoms with Gasteiger partial charge in [0.05, 0.1) is 6.61 Å². The van der Waals surface area contributed by atoms with Crippen molar-refractivity contribution in [2.24, 2.45) is 0 Å². The molecule has 2 rings (SSSR count). The number of nitro groups is 1. The van der Waals surface area contributed by atoms with Crippen LogP contribution in [0.3, 0.4) is 0 Å². The number of nitrogens with zero attached hydrogens (tertiary/aromatic N) is 3. The third-order valence-corrected chi connectivity index (χ3v) is 3.16. The van der Waals surface area contributed by atoms with Crippen LogP contribution in [0.25, 0.3) is 0 Å². The van der Waals surface area contributed by atoms with Gasteiger partial charge in [-0.05, 0) is 36.7 Å². The molecule has 0 fully saturated rings. The molecule has 0 aromatic carbocycles. The molecular formula is C13H15N3O6. The van der Waals surface area contributed by atoms with Gasteiger partial charge in [-0.1, -0.05) is 0 Å². The Morgan fingerprint density at radius 1 is 1.55 bits per heavy atom. The SMILES string of the molecule is CCOC(=O)C(C)(C)N1C(=O)COc2ccc([N+](=O)[O-])nc21. The van der Waals surface area contributed by atoms with Crippen molar-refractivity contribution < 1.29 is 24.0 Å². The van der Waals surface area contributed by atoms with Gasteiger partial charge in [-0.15, -0.1) is 0 Å². The van der Waals surface area contributed by atoms with E-state index in [1.807, 2.05) is 0 Å². The molecule has 0 bridgehead atoms. The summed E-state index contributed by atoms with van der Waals surface area (Å²) in [6.07, 6.45) is 0. The number of fused-ring (bicyclic) bond motifs is 1. The molecule has 118 valence electrons. The summed E-state index contributed by atoms with van der Waals surface area (Å²) in [5, 5.41) is 10.9. The van der Waals surface area contributed by atoms with Gasteiger partial charge in [-0.25, -0.2) is 4.79 Å². The molecule has 9 nitrogen and oxygen atoms in total. The minimum atomic E-state index is -1.37. The zero-order valence-electron chi connectivity index (χ0n) is 12.4. The molecule has 1 aromatic heterocycles. The fraction of sp³-hybridized carbons (Fsp3) is 0.462. The lowest BCUT2D eigenvalue weighted by Crippen LogP contribution is -2.57. The highest BCUT2D eigenvalue weighted by atomic mass is 16.6. The molecule has 0 saturated carbocycles. The summed E-state index contributed by atoms with van der Waals surface area (Å²) in [5.41, 5.74) is -1.37. The number of pyridine rings is 1. The van der Waals surface area contributed by atoms with Gasteiger partial charge in [0.15, 0.2) is 12.4 Å². The molecule has 0 saturated heterocycles. The maximum atomic E-state index is 12.2. The third kappa shape index (κ3) is 2.57. The topological polar surface area (TPSA) is 112 Å². The average molecular weight is 309 g/mol. The van der Waals surface area contributed by atoms with E-state index in [2.05, 4.69) is 4.98 Å². The van der Waals surface area contributed by atoms with Crippen LogP contribution in [0.1, 0.15) is 20.8 Å². The molecule has 0 N–H and O–H groups in total. The number of hydrogen-bond donors (Lipinski definition) is 0. The minimum absolute atomic E-state index is 0.0662. The molecule has 0 aliphatic carbocycles. The number of aromatic nitrogens is 1. The molecule has 0 radical (unpaired) electrons. The first-order valence-corrected chi connectivity index (χ1v) is 6.57. The van der Waals surface area contributed by atoms with Crippen LogP contribution in [-0.2, 0) is 14.3 Å². The molecule has 22 heavy (non-hydrogen) atoms. The highest BCUT2D eigenvalue weighted by Gasteiger charge is 2.46. The molecular weight excluding hydrogens is 294 g/mol. The van der Waals surface area contributed by atoms with Crippen molar-refractivity contribution in [2.75, 3.05) is 18.1 Å². The standard InChI is InChI=1S/C13H15N3O6/c1-4-21-12(18)13(2,3)15-10(17)7-22-8-5-6-9(16(19)20)14-11(8)15/h5-6H,4,7H2,1-3H3. The Kier molecular flexibility index (Phi) is 3.98. The van der Waals surface area contributed by atoms with Gasteiger partial charge in [0.2, 0.25) is 0 Å². The number of rotatable bonds is 4. The molecule has 1 aliphatic heterocycles. The lowest BCUT2D eigenvalue weighted by Gasteiger charge is -2.36. The summed E-state index contributed by atoms with van der Waals surface area (Å²) in [6, 6.07) is 2.52. The Hall–Kier alpha value is -2.71. The molecule has 9 heteroatoms. The summed E-state index contributed by atoms with van der Waals surface area (Å²) in [5.74, 6) is -1.48. The molecule has 0 atom stereocenters. The highest BCUT2D eigenvalue weighted by molar-refractivity contribution is 6.03. The smallest absolute Gasteiger partial charge is 0.366 e. The van der Waals surface area contributed by atoms with Gasteiger partial charge < -0.3 is 19.6 Å². The van der Waals surface area contributed by atoms with Gasteiger partial charge in [-0.3, -0.25) is 9.69 Å². The Balaban J connectivity index is 2.53. The monoisotopic (exact) mass is 309 g/mol. The Morgan fingerprint density at radius 3 is 2.82 bits per heavy atom. The van der Waals surface area contributed by atoms with Crippen LogP contribution < -0.4 is 9.64 Å². The number of carbonyl (C=O) groups is 2. The van der Waals surface area contributed by atoms with E-state index >= 15 is 0 Å². The van der Waals surface area contributed by atoms with E-state index in [4.69, 9.17) is 9.47 Å². The van der Waals surface area contributed by atoms with Gasteiger partial charge >= 0.3 is 11.8 Å². The van der Waals surface area contributed by atoms with Crippen molar-refractivity contribution in [1.82, 2.24) is 4.98 Å². The van der Waals surface area contributed by atoms with Crippen LogP contribution in [0, 0.1) is 10.1 Å². The second kappa shape index (κ2) is 5.58. The van der Waals surface area contributed by atoms with Crippen LogP contribution in [-0.4, -0.2) is 40.5 Å². The summed E-state index contributed by atoms with van der Waals surface area (Å²) < 4.78 is 10.2. The van der Waals surface area contributed by atoms with Crippen molar-refractivity contribution >= 4 is 23.5 Å². The van der Waals surface area contributed by atoms with E-state index in [1.165, 1.54) is 26.0 Å². The van der Waals surface area contributed by atoms with Crippen molar-refractivity contribution in [3.05, 3.63) is 22.2 Å². The van der Waals surface area contributed by atoms with Crippen LogP contribution in [0.5, 0.6) is 5.75 Å². The van der Waals surface area contributed by atoms with Crippen molar-refractivity contribution in [1.29, 1.82) is 0 Å². The zero-order valence-corrected chi connectivity index (χ0v) is 12.4. The Labute approximate surface area is 126 Å². The van der Waals surface area contributed by atoms with Gasteiger partial charge in [0.1, 0.15) is 5.54 Å². The first-order chi connectivity index (χ1) is 10.3. The maximum absolute atomic E-state index is 12.2. The first kappa shape index (κ1) is 15.7. The van der Waals surface area contributed by atoms with E-state index in [-0.39, 0.29) is 24.8 Å². The quantitative estimate of drug-likeness (QED) is 0.464. The van der Waals surface area contributed by atoms with Gasteiger partial charge in [-0.2, -0.15) is 0 Å². The second-order valence-corrected chi connectivity index (χ2v) is 5.05. The number of amides is 1. The normalized spacial score (nSPS) is 14.1. The van der Waals surface area contributed by atoms with E-state index in [1.54, 1.807) is 6.92 Å². The van der Waals surface area contributed by atoms with E-state index in [0.29, 0.717) is 0 Å². The molecule has 1 aromatic rings. The van der Waals surface area contributed by atoms with Crippen molar-refractivity contribution in [3.8, 4) is 5.75 Å². The van der Waals surface area contributed by atoms with Gasteiger partial charge in [0, 0.05) is 6.07 Å². The predicted molar refractivity (Wildman–Crippen MR) is 74.6 cm³/mol. The number of carbonyl (C=O) groups excluding carboxylic acids is 2. The highest BCUT2D eigenvalue weighted by Crippen LogP contribution is 2.36. The Morgan fingerprint density at radius 2 is 2.23 bits per heavy atom. The van der Waals surface area contributed by atoms with Crippen LogP contribution >= 0.6 is 0 Å². The maximum Gasteiger partial charge on any atom is 0.366 e. The summed E-state index contributed by atoms with van der Waals surface area (Å²) in [7, 11) is 0. The second-order valence-electron chi connectivity index (χ2n) is 5.05. The largest absolute Gasteiger partial charge is 0.477 e. The fourth-order valence-corrected chi connectivity index (χ4v) is 2.10. The molecule has 2 heterocycles. The van der Waals surface area contributed by atoms with Crippen molar-refractivity contribution in [2.45, 2.75) is 26.3 Å². The van der Waals surface area contributed by atoms with E-state index in [0.717, 1.165) is 4.90 Å². The average Bonchev–Trinajstić information content (AvgIpc) is 2.46.